The quantitative estimate of drug-likeness (QED) is 0.836. The summed E-state index contributed by atoms with van der Waals surface area (Å²) in [5.41, 5.74) is 1.10. The molecule has 0 spiro atoms. The van der Waals surface area contributed by atoms with Gasteiger partial charge in [0.05, 0.1) is 0 Å². The van der Waals surface area contributed by atoms with Gasteiger partial charge in [0.1, 0.15) is 6.61 Å². The maximum Gasteiger partial charge on any atom is 0.271 e. The normalized spacial score (nSPS) is 18.6. The van der Waals surface area contributed by atoms with Crippen LogP contribution in [0.15, 0.2) is 35.3 Å². The fourth-order valence-electron chi connectivity index (χ4n) is 2.49. The number of hydrogen-bond donors (Lipinski definition) is 1. The summed E-state index contributed by atoms with van der Waals surface area (Å²) in [6.07, 6.45) is 3.74. The Labute approximate surface area is 113 Å². The fraction of sp³-hybridized carbons (Fsp3) is 0.467. The number of methoxy groups -OCH3 is 1. The molecule has 102 valence electrons. The van der Waals surface area contributed by atoms with Gasteiger partial charge in [-0.15, -0.1) is 0 Å². The number of ether oxygens (including phenoxy) is 1. The Morgan fingerprint density at radius 1 is 1.37 bits per heavy atom. The summed E-state index contributed by atoms with van der Waals surface area (Å²) in [5.74, 6) is -0.226. The third-order valence-electron chi connectivity index (χ3n) is 3.57. The van der Waals surface area contributed by atoms with Crippen molar-refractivity contribution < 1.29 is 9.53 Å². The smallest absolute Gasteiger partial charge is 0.271 e. The number of rotatable bonds is 4. The van der Waals surface area contributed by atoms with Gasteiger partial charge in [-0.2, -0.15) is 0 Å². The molecule has 1 saturated heterocycles. The molecule has 0 radical (unpaired) electrons. The molecule has 0 unspecified atom stereocenters. The molecule has 0 saturated carbocycles. The molecule has 1 aromatic rings. The zero-order valence-electron chi connectivity index (χ0n) is 11.3. The van der Waals surface area contributed by atoms with E-state index in [1.807, 2.05) is 24.4 Å². The van der Waals surface area contributed by atoms with Gasteiger partial charge in [0.25, 0.3) is 5.91 Å². The van der Waals surface area contributed by atoms with Crippen molar-refractivity contribution in [3.05, 3.63) is 35.9 Å². The highest BCUT2D eigenvalue weighted by atomic mass is 16.5. The minimum atomic E-state index is -0.226. The van der Waals surface area contributed by atoms with Crippen LogP contribution in [0.2, 0.25) is 0 Å². The molecule has 2 rings (SSSR count). The highest BCUT2D eigenvalue weighted by molar-refractivity contribution is 5.89. The van der Waals surface area contributed by atoms with Crippen molar-refractivity contribution >= 4 is 12.1 Å². The second kappa shape index (κ2) is 6.59. The molecule has 4 heteroatoms. The Kier molecular flexibility index (Phi) is 4.82. The Hall–Kier alpha value is -1.52. The standard InChI is InChI=1S/C15H20N2O2/c1-19-11-14(18)17-12-15(7-9-16-10-8-15)13-5-3-2-4-6-13/h2-6,12,16H,7-11H2,1H3/b17-12+. The summed E-state index contributed by atoms with van der Waals surface area (Å²) in [5, 5.41) is 3.35. The lowest BCUT2D eigenvalue weighted by molar-refractivity contribution is -0.121. The summed E-state index contributed by atoms with van der Waals surface area (Å²) < 4.78 is 4.81. The van der Waals surface area contributed by atoms with E-state index in [1.165, 1.54) is 12.7 Å². The molecule has 0 bridgehead atoms. The van der Waals surface area contributed by atoms with E-state index < -0.39 is 0 Å². The molecule has 1 aliphatic rings. The third-order valence-corrected chi connectivity index (χ3v) is 3.57. The van der Waals surface area contributed by atoms with E-state index in [-0.39, 0.29) is 17.9 Å². The van der Waals surface area contributed by atoms with Gasteiger partial charge in [-0.25, -0.2) is 4.99 Å². The molecule has 0 aromatic heterocycles. The summed E-state index contributed by atoms with van der Waals surface area (Å²) in [7, 11) is 1.50. The number of hydrogen-bond acceptors (Lipinski definition) is 3. The van der Waals surface area contributed by atoms with Crippen molar-refractivity contribution in [2.45, 2.75) is 18.3 Å². The molecule has 19 heavy (non-hydrogen) atoms. The van der Waals surface area contributed by atoms with E-state index in [0.717, 1.165) is 25.9 Å². The average Bonchev–Trinajstić information content (AvgIpc) is 2.47. The van der Waals surface area contributed by atoms with E-state index in [2.05, 4.69) is 22.4 Å². The number of carbonyl (C=O) groups excluding carboxylic acids is 1. The van der Waals surface area contributed by atoms with Crippen molar-refractivity contribution in [2.24, 2.45) is 4.99 Å². The van der Waals surface area contributed by atoms with Crippen LogP contribution in [0.3, 0.4) is 0 Å². The third kappa shape index (κ3) is 3.49. The number of amides is 1. The summed E-state index contributed by atoms with van der Waals surface area (Å²) >= 11 is 0. The van der Waals surface area contributed by atoms with E-state index in [0.29, 0.717) is 0 Å². The Morgan fingerprint density at radius 2 is 2.05 bits per heavy atom. The van der Waals surface area contributed by atoms with Gasteiger partial charge in [-0.05, 0) is 31.5 Å². The monoisotopic (exact) mass is 260 g/mol. The highest BCUT2D eigenvalue weighted by Gasteiger charge is 2.32. The minimum Gasteiger partial charge on any atom is -0.375 e. The molecule has 1 aromatic carbocycles. The highest BCUT2D eigenvalue weighted by Crippen LogP contribution is 2.31. The van der Waals surface area contributed by atoms with E-state index in [1.54, 1.807) is 0 Å². The zero-order valence-corrected chi connectivity index (χ0v) is 11.3. The Balaban J connectivity index is 2.23. The van der Waals surface area contributed by atoms with Crippen molar-refractivity contribution in [3.8, 4) is 0 Å². The van der Waals surface area contributed by atoms with Gasteiger partial charge in [0.2, 0.25) is 0 Å². The van der Waals surface area contributed by atoms with Crippen molar-refractivity contribution in [1.29, 1.82) is 0 Å². The van der Waals surface area contributed by atoms with Crippen LogP contribution in [-0.4, -0.2) is 38.9 Å². The maximum atomic E-state index is 11.5. The maximum absolute atomic E-state index is 11.5. The first-order valence-electron chi connectivity index (χ1n) is 6.60. The molecule has 1 heterocycles. The van der Waals surface area contributed by atoms with Gasteiger partial charge in [0.15, 0.2) is 0 Å². The van der Waals surface area contributed by atoms with Crippen molar-refractivity contribution in [3.63, 3.8) is 0 Å². The SMILES string of the molecule is COCC(=O)/N=C/C1(c2ccccc2)CCNCC1. The first-order chi connectivity index (χ1) is 9.27. The number of nitrogens with zero attached hydrogens (tertiary/aromatic N) is 1. The zero-order chi connectivity index (χ0) is 13.6. The lowest BCUT2D eigenvalue weighted by atomic mass is 9.74. The fourth-order valence-corrected chi connectivity index (χ4v) is 2.49. The molecular formula is C15H20N2O2. The van der Waals surface area contributed by atoms with Crippen LogP contribution in [0.5, 0.6) is 0 Å². The van der Waals surface area contributed by atoms with Gasteiger partial charge >= 0.3 is 0 Å². The van der Waals surface area contributed by atoms with Gasteiger partial charge < -0.3 is 10.1 Å². The molecule has 0 aliphatic carbocycles. The van der Waals surface area contributed by atoms with Gasteiger partial charge in [-0.1, -0.05) is 30.3 Å². The van der Waals surface area contributed by atoms with Crippen LogP contribution in [-0.2, 0) is 14.9 Å². The predicted molar refractivity (Wildman–Crippen MR) is 75.6 cm³/mol. The Bertz CT molecular complexity index is 437. The minimum absolute atomic E-state index is 0.0413. The molecule has 4 nitrogen and oxygen atoms in total. The summed E-state index contributed by atoms with van der Waals surface area (Å²) in [6.45, 7) is 1.93. The summed E-state index contributed by atoms with van der Waals surface area (Å²) in [4.78, 5) is 15.6. The molecular weight excluding hydrogens is 240 g/mol. The largest absolute Gasteiger partial charge is 0.375 e. The number of piperidine rings is 1. The van der Waals surface area contributed by atoms with Crippen molar-refractivity contribution in [1.82, 2.24) is 5.32 Å². The number of nitrogens with one attached hydrogen (secondary N) is 1. The van der Waals surface area contributed by atoms with Crippen LogP contribution in [0.4, 0.5) is 0 Å². The molecule has 1 fully saturated rings. The predicted octanol–water partition coefficient (Wildman–Crippen LogP) is 1.55. The van der Waals surface area contributed by atoms with Crippen LogP contribution in [0.1, 0.15) is 18.4 Å². The average molecular weight is 260 g/mol. The molecule has 1 amide bonds. The number of aliphatic imine (C=N–C) groups is 1. The molecule has 1 N–H and O–H groups in total. The van der Waals surface area contributed by atoms with Crippen LogP contribution in [0.25, 0.3) is 0 Å². The Morgan fingerprint density at radius 3 is 2.68 bits per heavy atom. The lowest BCUT2D eigenvalue weighted by Crippen LogP contribution is -2.41. The van der Waals surface area contributed by atoms with Crippen molar-refractivity contribution in [2.75, 3.05) is 26.8 Å². The van der Waals surface area contributed by atoms with E-state index in [4.69, 9.17) is 4.74 Å². The van der Waals surface area contributed by atoms with Crippen LogP contribution in [0, 0.1) is 0 Å². The lowest BCUT2D eigenvalue weighted by Gasteiger charge is -2.34. The van der Waals surface area contributed by atoms with Gasteiger partial charge in [0, 0.05) is 18.7 Å². The topological polar surface area (TPSA) is 50.7 Å². The number of carbonyl (C=O) groups is 1. The molecule has 0 atom stereocenters. The van der Waals surface area contributed by atoms with Gasteiger partial charge in [-0.3, -0.25) is 4.79 Å². The van der Waals surface area contributed by atoms with Crippen LogP contribution < -0.4 is 5.32 Å². The number of benzene rings is 1. The van der Waals surface area contributed by atoms with E-state index >= 15 is 0 Å². The van der Waals surface area contributed by atoms with Crippen LogP contribution >= 0.6 is 0 Å². The second-order valence-electron chi connectivity index (χ2n) is 4.86. The molecule has 1 aliphatic heterocycles. The first-order valence-corrected chi connectivity index (χ1v) is 6.60. The first kappa shape index (κ1) is 13.9. The summed E-state index contributed by atoms with van der Waals surface area (Å²) in [6, 6.07) is 10.3. The van der Waals surface area contributed by atoms with E-state index in [9.17, 15) is 4.79 Å². The second-order valence-corrected chi connectivity index (χ2v) is 4.86.